The summed E-state index contributed by atoms with van der Waals surface area (Å²) in [5.41, 5.74) is 2.94. The van der Waals surface area contributed by atoms with Crippen molar-refractivity contribution >= 4 is 17.2 Å². The fourth-order valence-corrected chi connectivity index (χ4v) is 4.50. The van der Waals surface area contributed by atoms with E-state index in [9.17, 15) is 4.79 Å². The van der Waals surface area contributed by atoms with Crippen LogP contribution in [0.4, 0.5) is 0 Å². The standard InChI is InChI=1S/C18H25N5OS/c24-17(12-21-6-1-2-7-21)22-8-3-4-15(10-22)18-19-5-9-23(18)11-16-13-25-14-20-16/h5,9,13-15H,1-4,6-8,10-12H2/t15-/m0/s1. The van der Waals surface area contributed by atoms with E-state index in [1.54, 1.807) is 11.3 Å². The van der Waals surface area contributed by atoms with Crippen molar-refractivity contribution in [2.24, 2.45) is 0 Å². The number of rotatable bonds is 5. The van der Waals surface area contributed by atoms with Crippen molar-refractivity contribution in [3.63, 3.8) is 0 Å². The number of likely N-dealkylation sites (tertiary alicyclic amines) is 2. The molecule has 0 N–H and O–H groups in total. The maximum absolute atomic E-state index is 12.7. The minimum Gasteiger partial charge on any atom is -0.341 e. The number of imidazole rings is 1. The van der Waals surface area contributed by atoms with Crippen molar-refractivity contribution in [2.75, 3.05) is 32.7 Å². The number of piperidine rings is 1. The Hall–Kier alpha value is -1.73. The van der Waals surface area contributed by atoms with Crippen LogP contribution < -0.4 is 0 Å². The second kappa shape index (κ2) is 7.66. The summed E-state index contributed by atoms with van der Waals surface area (Å²) in [6.45, 7) is 5.16. The molecule has 4 rings (SSSR count). The first kappa shape index (κ1) is 16.7. The number of thiazole rings is 1. The van der Waals surface area contributed by atoms with E-state index in [0.29, 0.717) is 12.5 Å². The van der Waals surface area contributed by atoms with E-state index in [-0.39, 0.29) is 5.91 Å². The second-order valence-electron chi connectivity index (χ2n) is 7.06. The molecule has 0 unspecified atom stereocenters. The predicted molar refractivity (Wildman–Crippen MR) is 97.7 cm³/mol. The molecule has 1 atom stereocenters. The van der Waals surface area contributed by atoms with Crippen LogP contribution in [-0.2, 0) is 11.3 Å². The van der Waals surface area contributed by atoms with Gasteiger partial charge in [-0.25, -0.2) is 9.97 Å². The average molecular weight is 359 g/mol. The fraction of sp³-hybridized carbons (Fsp3) is 0.611. The van der Waals surface area contributed by atoms with Gasteiger partial charge in [-0.15, -0.1) is 11.3 Å². The van der Waals surface area contributed by atoms with Gasteiger partial charge in [0.05, 0.1) is 24.3 Å². The summed E-state index contributed by atoms with van der Waals surface area (Å²) in [4.78, 5) is 26.0. The summed E-state index contributed by atoms with van der Waals surface area (Å²) in [5, 5.41) is 2.08. The van der Waals surface area contributed by atoms with Crippen LogP contribution in [0.25, 0.3) is 0 Å². The number of aromatic nitrogens is 3. The van der Waals surface area contributed by atoms with E-state index in [4.69, 9.17) is 0 Å². The molecule has 0 spiro atoms. The third-order valence-electron chi connectivity index (χ3n) is 5.26. The van der Waals surface area contributed by atoms with Gasteiger partial charge in [-0.2, -0.15) is 0 Å². The lowest BCUT2D eigenvalue weighted by molar-refractivity contribution is -0.133. The van der Waals surface area contributed by atoms with E-state index >= 15 is 0 Å². The van der Waals surface area contributed by atoms with Crippen LogP contribution in [0.2, 0.25) is 0 Å². The summed E-state index contributed by atoms with van der Waals surface area (Å²) < 4.78 is 2.19. The van der Waals surface area contributed by atoms with E-state index < -0.39 is 0 Å². The molecule has 2 fully saturated rings. The molecule has 2 aliphatic rings. The smallest absolute Gasteiger partial charge is 0.236 e. The highest BCUT2D eigenvalue weighted by Crippen LogP contribution is 2.26. The van der Waals surface area contributed by atoms with Gasteiger partial charge in [-0.1, -0.05) is 0 Å². The lowest BCUT2D eigenvalue weighted by atomic mass is 9.97. The highest BCUT2D eigenvalue weighted by molar-refractivity contribution is 7.07. The number of hydrogen-bond donors (Lipinski definition) is 0. The molecule has 0 aromatic carbocycles. The summed E-state index contributed by atoms with van der Waals surface area (Å²) >= 11 is 1.62. The molecule has 7 heteroatoms. The Balaban J connectivity index is 1.41. The van der Waals surface area contributed by atoms with Crippen LogP contribution in [0.15, 0.2) is 23.3 Å². The summed E-state index contributed by atoms with van der Waals surface area (Å²) in [7, 11) is 0. The van der Waals surface area contributed by atoms with Crippen molar-refractivity contribution in [1.82, 2.24) is 24.3 Å². The molecule has 4 heterocycles. The molecule has 0 saturated carbocycles. The molecule has 2 aromatic rings. The SMILES string of the molecule is O=C(CN1CCCC1)N1CCC[C@H](c2nccn2Cc2cscn2)C1. The number of amides is 1. The van der Waals surface area contributed by atoms with Gasteiger partial charge >= 0.3 is 0 Å². The normalized spacial score (nSPS) is 21.8. The lowest BCUT2D eigenvalue weighted by Crippen LogP contribution is -2.44. The Kier molecular flexibility index (Phi) is 5.12. The third-order valence-corrected chi connectivity index (χ3v) is 5.90. The third kappa shape index (κ3) is 3.93. The Morgan fingerprint density at radius 3 is 2.88 bits per heavy atom. The van der Waals surface area contributed by atoms with Crippen molar-refractivity contribution in [2.45, 2.75) is 38.1 Å². The first-order valence-corrected chi connectivity index (χ1v) is 10.1. The summed E-state index contributed by atoms with van der Waals surface area (Å²) in [5.74, 6) is 1.70. The minimum absolute atomic E-state index is 0.282. The maximum atomic E-state index is 12.7. The highest BCUT2D eigenvalue weighted by atomic mass is 32.1. The molecule has 2 aromatic heterocycles. The van der Waals surface area contributed by atoms with Gasteiger partial charge < -0.3 is 9.47 Å². The molecule has 134 valence electrons. The quantitative estimate of drug-likeness (QED) is 0.821. The molecule has 0 aliphatic carbocycles. The lowest BCUT2D eigenvalue weighted by Gasteiger charge is -2.33. The second-order valence-corrected chi connectivity index (χ2v) is 7.77. The van der Waals surface area contributed by atoms with Gasteiger partial charge in [-0.05, 0) is 38.8 Å². The van der Waals surface area contributed by atoms with E-state index in [1.165, 1.54) is 12.8 Å². The molecule has 0 radical (unpaired) electrons. The zero-order valence-corrected chi connectivity index (χ0v) is 15.3. The molecule has 0 bridgehead atoms. The van der Waals surface area contributed by atoms with Gasteiger partial charge in [0.1, 0.15) is 5.82 Å². The monoisotopic (exact) mass is 359 g/mol. The van der Waals surface area contributed by atoms with Crippen LogP contribution in [0, 0.1) is 0 Å². The molecular weight excluding hydrogens is 334 g/mol. The molecular formula is C18H25N5OS. The van der Waals surface area contributed by atoms with Gasteiger partial charge in [0.2, 0.25) is 5.91 Å². The van der Waals surface area contributed by atoms with E-state index in [2.05, 4.69) is 24.8 Å². The van der Waals surface area contributed by atoms with Gasteiger partial charge in [-0.3, -0.25) is 9.69 Å². The van der Waals surface area contributed by atoms with E-state index in [1.807, 2.05) is 22.8 Å². The zero-order valence-electron chi connectivity index (χ0n) is 14.5. The first-order valence-electron chi connectivity index (χ1n) is 9.18. The predicted octanol–water partition coefficient (Wildman–Crippen LogP) is 2.19. The maximum Gasteiger partial charge on any atom is 0.236 e. The van der Waals surface area contributed by atoms with Crippen molar-refractivity contribution in [3.8, 4) is 0 Å². The van der Waals surface area contributed by atoms with Crippen LogP contribution in [-0.4, -0.2) is 63.0 Å². The summed E-state index contributed by atoms with van der Waals surface area (Å²) in [6.07, 6.45) is 8.50. The number of carbonyl (C=O) groups is 1. The van der Waals surface area contributed by atoms with Gasteiger partial charge in [0, 0.05) is 36.8 Å². The first-order chi connectivity index (χ1) is 12.3. The molecule has 1 amide bonds. The Bertz CT molecular complexity index is 692. The van der Waals surface area contributed by atoms with Crippen LogP contribution in [0.5, 0.6) is 0 Å². The average Bonchev–Trinajstić information content (AvgIpc) is 3.38. The largest absolute Gasteiger partial charge is 0.341 e. The van der Waals surface area contributed by atoms with Crippen molar-refractivity contribution < 1.29 is 4.79 Å². The fourth-order valence-electron chi connectivity index (χ4n) is 3.95. The van der Waals surface area contributed by atoms with Gasteiger partial charge in [0.15, 0.2) is 0 Å². The van der Waals surface area contributed by atoms with Crippen molar-refractivity contribution in [1.29, 1.82) is 0 Å². The minimum atomic E-state index is 0.282. The highest BCUT2D eigenvalue weighted by Gasteiger charge is 2.28. The Morgan fingerprint density at radius 2 is 2.08 bits per heavy atom. The molecule has 2 saturated heterocycles. The number of nitrogens with zero attached hydrogens (tertiary/aromatic N) is 5. The topological polar surface area (TPSA) is 54.3 Å². The van der Waals surface area contributed by atoms with Crippen LogP contribution in [0.3, 0.4) is 0 Å². The van der Waals surface area contributed by atoms with Crippen LogP contribution >= 0.6 is 11.3 Å². The van der Waals surface area contributed by atoms with Crippen LogP contribution in [0.1, 0.15) is 43.1 Å². The zero-order chi connectivity index (χ0) is 17.1. The molecule has 6 nitrogen and oxygen atoms in total. The molecule has 2 aliphatic heterocycles. The Labute approximate surface area is 152 Å². The van der Waals surface area contributed by atoms with Crippen molar-refractivity contribution in [3.05, 3.63) is 34.8 Å². The number of hydrogen-bond acceptors (Lipinski definition) is 5. The van der Waals surface area contributed by atoms with Gasteiger partial charge in [0.25, 0.3) is 0 Å². The Morgan fingerprint density at radius 1 is 1.20 bits per heavy atom. The molecule has 25 heavy (non-hydrogen) atoms. The van der Waals surface area contributed by atoms with E-state index in [0.717, 1.165) is 57.1 Å². The number of carbonyl (C=O) groups excluding carboxylic acids is 1. The summed E-state index contributed by atoms with van der Waals surface area (Å²) in [6, 6.07) is 0.